The molecule has 2 aliphatic rings. The van der Waals surface area contributed by atoms with Gasteiger partial charge in [-0.2, -0.15) is 0 Å². The van der Waals surface area contributed by atoms with Crippen LogP contribution in [-0.2, 0) is 9.53 Å². The Morgan fingerprint density at radius 1 is 1.48 bits per heavy atom. The number of rotatable bonds is 4. The molecule has 0 N–H and O–H groups in total. The quantitative estimate of drug-likeness (QED) is 0.268. The Morgan fingerprint density at radius 2 is 2.22 bits per heavy atom. The van der Waals surface area contributed by atoms with Crippen LogP contribution in [0.3, 0.4) is 0 Å². The zero-order chi connectivity index (χ0) is 16.6. The van der Waals surface area contributed by atoms with Crippen molar-refractivity contribution >= 4 is 29.0 Å². The van der Waals surface area contributed by atoms with Crippen LogP contribution < -0.4 is 0 Å². The molecule has 1 unspecified atom stereocenters. The van der Waals surface area contributed by atoms with Crippen LogP contribution in [0.4, 0.5) is 5.69 Å². The van der Waals surface area contributed by atoms with Gasteiger partial charge in [0.2, 0.25) is 0 Å². The first kappa shape index (κ1) is 15.6. The summed E-state index contributed by atoms with van der Waals surface area (Å²) < 4.78 is 4.98. The molecule has 0 aliphatic heterocycles. The van der Waals surface area contributed by atoms with Crippen LogP contribution in [0.1, 0.15) is 41.6 Å². The fraction of sp³-hybridized carbons (Fsp3) is 0.375. The second-order valence-electron chi connectivity index (χ2n) is 5.57. The summed E-state index contributed by atoms with van der Waals surface area (Å²) in [6.07, 6.45) is 3.78. The number of carbonyl (C=O) groups is 2. The molecule has 0 heterocycles. The number of fused-ring (bicyclic) bond motifs is 1. The van der Waals surface area contributed by atoms with Crippen LogP contribution in [0.25, 0.3) is 10.4 Å². The monoisotopic (exact) mass is 331 g/mol. The van der Waals surface area contributed by atoms with E-state index < -0.39 is 11.8 Å². The van der Waals surface area contributed by atoms with Crippen molar-refractivity contribution in [2.24, 2.45) is 11.0 Å². The molecule has 0 radical (unpaired) electrons. The van der Waals surface area contributed by atoms with Crippen LogP contribution in [0.15, 0.2) is 28.9 Å². The molecule has 23 heavy (non-hydrogen) atoms. The average Bonchev–Trinajstić information content (AvgIpc) is 3.34. The Hall–Kier alpha value is -2.30. The van der Waals surface area contributed by atoms with Gasteiger partial charge < -0.3 is 4.74 Å². The SMILES string of the molecule is CCOC(=O)C1=CC(C2CC2)c2cc(Cl)c(N=[N+]=[N-])cc2C1=O. The summed E-state index contributed by atoms with van der Waals surface area (Å²) in [5.41, 5.74) is 9.98. The van der Waals surface area contributed by atoms with Gasteiger partial charge in [-0.3, -0.25) is 4.79 Å². The maximum Gasteiger partial charge on any atom is 0.341 e. The van der Waals surface area contributed by atoms with E-state index in [2.05, 4.69) is 10.0 Å². The lowest BCUT2D eigenvalue weighted by atomic mass is 9.80. The minimum Gasteiger partial charge on any atom is -0.462 e. The molecule has 2 aliphatic carbocycles. The van der Waals surface area contributed by atoms with Crippen molar-refractivity contribution in [2.75, 3.05) is 6.61 Å². The van der Waals surface area contributed by atoms with Gasteiger partial charge in [-0.15, -0.1) is 0 Å². The Bertz CT molecular complexity index is 777. The lowest BCUT2D eigenvalue weighted by Crippen LogP contribution is -2.23. The highest BCUT2D eigenvalue weighted by Crippen LogP contribution is 2.48. The van der Waals surface area contributed by atoms with Gasteiger partial charge in [-0.25, -0.2) is 4.79 Å². The Morgan fingerprint density at radius 3 is 2.83 bits per heavy atom. The molecule has 1 fully saturated rings. The molecule has 7 heteroatoms. The number of benzene rings is 1. The van der Waals surface area contributed by atoms with Gasteiger partial charge in [0.1, 0.15) is 5.57 Å². The molecule has 1 aromatic carbocycles. The third kappa shape index (κ3) is 2.83. The summed E-state index contributed by atoms with van der Waals surface area (Å²) in [5, 5.41) is 3.80. The fourth-order valence-electron chi connectivity index (χ4n) is 2.88. The number of azide groups is 1. The minimum absolute atomic E-state index is 0.0419. The van der Waals surface area contributed by atoms with Crippen molar-refractivity contribution in [1.82, 2.24) is 0 Å². The molecule has 1 aromatic rings. The fourth-order valence-corrected chi connectivity index (χ4v) is 3.09. The van der Waals surface area contributed by atoms with Gasteiger partial charge in [-0.05, 0) is 48.9 Å². The zero-order valence-corrected chi connectivity index (χ0v) is 13.2. The number of hydrogen-bond donors (Lipinski definition) is 0. The van der Waals surface area contributed by atoms with Crippen molar-refractivity contribution in [3.63, 3.8) is 0 Å². The molecule has 0 amide bonds. The summed E-state index contributed by atoms with van der Waals surface area (Å²) in [4.78, 5) is 27.4. The van der Waals surface area contributed by atoms with E-state index >= 15 is 0 Å². The highest BCUT2D eigenvalue weighted by Gasteiger charge is 2.39. The van der Waals surface area contributed by atoms with E-state index in [9.17, 15) is 9.59 Å². The van der Waals surface area contributed by atoms with Crippen molar-refractivity contribution in [3.05, 3.63) is 50.4 Å². The molecule has 1 atom stereocenters. The van der Waals surface area contributed by atoms with Gasteiger partial charge >= 0.3 is 5.97 Å². The van der Waals surface area contributed by atoms with Gasteiger partial charge in [0.05, 0.1) is 17.3 Å². The van der Waals surface area contributed by atoms with Gasteiger partial charge in [0.25, 0.3) is 0 Å². The van der Waals surface area contributed by atoms with E-state index in [1.165, 1.54) is 6.07 Å². The Kier molecular flexibility index (Phi) is 4.11. The number of carbonyl (C=O) groups excluding carboxylic acids is 2. The van der Waals surface area contributed by atoms with Crippen LogP contribution in [0.2, 0.25) is 5.02 Å². The summed E-state index contributed by atoms with van der Waals surface area (Å²) in [7, 11) is 0. The van der Waals surface area contributed by atoms with Crippen LogP contribution >= 0.6 is 11.6 Å². The highest BCUT2D eigenvalue weighted by molar-refractivity contribution is 6.34. The topological polar surface area (TPSA) is 92.1 Å². The van der Waals surface area contributed by atoms with E-state index in [1.54, 1.807) is 19.1 Å². The lowest BCUT2D eigenvalue weighted by molar-refractivity contribution is -0.138. The lowest BCUT2D eigenvalue weighted by Gasteiger charge is -2.24. The number of ether oxygens (including phenoxy) is 1. The molecule has 6 nitrogen and oxygen atoms in total. The first-order valence-corrected chi connectivity index (χ1v) is 7.76. The van der Waals surface area contributed by atoms with Crippen LogP contribution in [-0.4, -0.2) is 18.4 Å². The summed E-state index contributed by atoms with van der Waals surface area (Å²) in [6, 6.07) is 3.13. The van der Waals surface area contributed by atoms with Crippen molar-refractivity contribution < 1.29 is 14.3 Å². The van der Waals surface area contributed by atoms with E-state index in [0.29, 0.717) is 16.5 Å². The number of Topliss-reactive ketones (excluding diaryl/α,β-unsaturated/α-hetero) is 1. The third-order valence-corrected chi connectivity index (χ3v) is 4.39. The number of halogens is 1. The van der Waals surface area contributed by atoms with Crippen LogP contribution in [0, 0.1) is 5.92 Å². The second-order valence-corrected chi connectivity index (χ2v) is 5.98. The maximum atomic E-state index is 12.6. The first-order chi connectivity index (χ1) is 11.1. The number of esters is 1. The zero-order valence-electron chi connectivity index (χ0n) is 12.5. The number of hydrogen-bond acceptors (Lipinski definition) is 4. The molecule has 3 rings (SSSR count). The molecular formula is C16H14ClN3O3. The Balaban J connectivity index is 2.12. The van der Waals surface area contributed by atoms with E-state index in [4.69, 9.17) is 21.9 Å². The number of allylic oxidation sites excluding steroid dienone is 1. The van der Waals surface area contributed by atoms with Gasteiger partial charge in [-0.1, -0.05) is 22.8 Å². The summed E-state index contributed by atoms with van der Waals surface area (Å²) >= 11 is 6.14. The first-order valence-electron chi connectivity index (χ1n) is 7.39. The van der Waals surface area contributed by atoms with Crippen LogP contribution in [0.5, 0.6) is 0 Å². The molecule has 1 saturated carbocycles. The highest BCUT2D eigenvalue weighted by atomic mass is 35.5. The van der Waals surface area contributed by atoms with Crippen molar-refractivity contribution in [1.29, 1.82) is 0 Å². The summed E-state index contributed by atoms with van der Waals surface area (Å²) in [6.45, 7) is 1.90. The van der Waals surface area contributed by atoms with Crippen molar-refractivity contribution in [2.45, 2.75) is 25.7 Å². The molecule has 0 saturated heterocycles. The van der Waals surface area contributed by atoms with Crippen molar-refractivity contribution in [3.8, 4) is 0 Å². The number of nitrogens with zero attached hydrogens (tertiary/aromatic N) is 3. The normalized spacial score (nSPS) is 19.5. The predicted molar refractivity (Wildman–Crippen MR) is 84.8 cm³/mol. The smallest absolute Gasteiger partial charge is 0.341 e. The molecule has 118 valence electrons. The standard InChI is InChI=1S/C16H14ClN3O3/c1-2-23-16(22)12-5-9(8-3-4-8)10-6-13(17)14(19-20-18)7-11(10)15(12)21/h5-9H,2-4H2,1H3. The molecular weight excluding hydrogens is 318 g/mol. The second kappa shape index (κ2) is 6.07. The third-order valence-electron chi connectivity index (χ3n) is 4.09. The van der Waals surface area contributed by atoms with Gasteiger partial charge in [0.15, 0.2) is 5.78 Å². The predicted octanol–water partition coefficient (Wildman–Crippen LogP) is 4.46. The summed E-state index contributed by atoms with van der Waals surface area (Å²) in [5.74, 6) is -0.678. The van der Waals surface area contributed by atoms with E-state index in [1.807, 2.05) is 0 Å². The average molecular weight is 332 g/mol. The molecule has 0 spiro atoms. The number of ketones is 1. The van der Waals surface area contributed by atoms with E-state index in [0.717, 1.165) is 18.4 Å². The largest absolute Gasteiger partial charge is 0.462 e. The maximum absolute atomic E-state index is 12.6. The van der Waals surface area contributed by atoms with Gasteiger partial charge in [0, 0.05) is 16.4 Å². The Labute approximate surface area is 137 Å². The minimum atomic E-state index is -0.617. The molecule has 0 bridgehead atoms. The van der Waals surface area contributed by atoms with E-state index in [-0.39, 0.29) is 23.8 Å². The molecule has 0 aromatic heterocycles.